The van der Waals surface area contributed by atoms with Gasteiger partial charge in [-0.1, -0.05) is 17.7 Å². The number of nitrogens with one attached hydrogen (secondary N) is 1. The number of aliphatic hydroxyl groups excluding tert-OH is 1. The molecule has 1 fully saturated rings. The molecule has 1 aromatic carbocycles. The van der Waals surface area contributed by atoms with Crippen molar-refractivity contribution in [3.05, 3.63) is 28.8 Å². The van der Waals surface area contributed by atoms with Gasteiger partial charge in [0.2, 0.25) is 0 Å². The highest BCUT2D eigenvalue weighted by molar-refractivity contribution is 6.33. The molecule has 2 atom stereocenters. The topological polar surface area (TPSA) is 41.5 Å². The molecule has 0 unspecified atom stereocenters. The van der Waals surface area contributed by atoms with Gasteiger partial charge in [-0.05, 0) is 24.6 Å². The van der Waals surface area contributed by atoms with E-state index in [1.54, 1.807) is 0 Å². The normalized spacial score (nSPS) is 25.5. The average molecular weight is 228 g/mol. The zero-order chi connectivity index (χ0) is 10.8. The summed E-state index contributed by atoms with van der Waals surface area (Å²) in [5.41, 5.74) is 1.96. The molecule has 82 valence electrons. The second-order valence-corrected chi connectivity index (χ2v) is 4.25. The van der Waals surface area contributed by atoms with Crippen molar-refractivity contribution >= 4 is 17.3 Å². The fourth-order valence-electron chi connectivity index (χ4n) is 1.62. The molecular formula is C11H14ClNO2. The van der Waals surface area contributed by atoms with E-state index in [0.717, 1.165) is 11.3 Å². The third-order valence-corrected chi connectivity index (χ3v) is 2.83. The maximum Gasteiger partial charge on any atom is 0.0996 e. The second kappa shape index (κ2) is 4.39. The molecule has 0 aromatic heterocycles. The molecule has 0 aliphatic carbocycles. The van der Waals surface area contributed by atoms with Crippen molar-refractivity contribution < 1.29 is 9.84 Å². The summed E-state index contributed by atoms with van der Waals surface area (Å²) in [6.07, 6.45) is -0.456. The monoisotopic (exact) mass is 227 g/mol. The Kier molecular flexibility index (Phi) is 3.14. The molecule has 4 heteroatoms. The molecular weight excluding hydrogens is 214 g/mol. The summed E-state index contributed by atoms with van der Waals surface area (Å²) in [7, 11) is 0. The van der Waals surface area contributed by atoms with Crippen LogP contribution in [-0.4, -0.2) is 30.5 Å². The molecule has 2 N–H and O–H groups in total. The van der Waals surface area contributed by atoms with Crippen molar-refractivity contribution in [2.45, 2.75) is 19.1 Å². The zero-order valence-electron chi connectivity index (χ0n) is 8.53. The summed E-state index contributed by atoms with van der Waals surface area (Å²) in [6, 6.07) is 5.73. The lowest BCUT2D eigenvalue weighted by atomic mass is 10.2. The molecule has 0 amide bonds. The van der Waals surface area contributed by atoms with Crippen molar-refractivity contribution in [2.75, 3.05) is 18.5 Å². The Morgan fingerprint density at radius 3 is 2.87 bits per heavy atom. The van der Waals surface area contributed by atoms with E-state index in [-0.39, 0.29) is 6.04 Å². The van der Waals surface area contributed by atoms with Crippen molar-refractivity contribution in [1.82, 2.24) is 0 Å². The molecule has 0 bridgehead atoms. The maximum atomic E-state index is 9.57. The van der Waals surface area contributed by atoms with E-state index in [4.69, 9.17) is 16.3 Å². The molecule has 2 rings (SSSR count). The Labute approximate surface area is 94.0 Å². The number of anilines is 1. The van der Waals surface area contributed by atoms with Crippen molar-refractivity contribution in [3.63, 3.8) is 0 Å². The van der Waals surface area contributed by atoms with Gasteiger partial charge in [0.05, 0.1) is 36.1 Å². The minimum Gasteiger partial charge on any atom is -0.388 e. The molecule has 0 spiro atoms. The lowest BCUT2D eigenvalue weighted by Crippen LogP contribution is -2.31. The first-order valence-electron chi connectivity index (χ1n) is 4.95. The van der Waals surface area contributed by atoms with E-state index >= 15 is 0 Å². The van der Waals surface area contributed by atoms with E-state index in [2.05, 4.69) is 5.32 Å². The predicted octanol–water partition coefficient (Wildman–Crippen LogP) is 1.82. The summed E-state index contributed by atoms with van der Waals surface area (Å²) in [5.74, 6) is 0. The fourth-order valence-corrected chi connectivity index (χ4v) is 1.91. The minimum atomic E-state index is -0.456. The van der Waals surface area contributed by atoms with Crippen LogP contribution in [0.25, 0.3) is 0 Å². The molecule has 1 aromatic rings. The van der Waals surface area contributed by atoms with Gasteiger partial charge >= 0.3 is 0 Å². The van der Waals surface area contributed by atoms with Crippen molar-refractivity contribution in [3.8, 4) is 0 Å². The third kappa shape index (κ3) is 2.43. The number of hydrogen-bond donors (Lipinski definition) is 2. The number of aryl methyl sites for hydroxylation is 1. The van der Waals surface area contributed by atoms with Gasteiger partial charge in [-0.25, -0.2) is 0 Å². The summed E-state index contributed by atoms with van der Waals surface area (Å²) >= 11 is 6.07. The largest absolute Gasteiger partial charge is 0.388 e. The van der Waals surface area contributed by atoms with Gasteiger partial charge in [0.25, 0.3) is 0 Å². The van der Waals surface area contributed by atoms with Crippen LogP contribution < -0.4 is 5.32 Å². The first-order chi connectivity index (χ1) is 7.16. The molecule has 15 heavy (non-hydrogen) atoms. The van der Waals surface area contributed by atoms with Crippen LogP contribution in [-0.2, 0) is 4.74 Å². The van der Waals surface area contributed by atoms with Crippen LogP contribution in [0, 0.1) is 6.92 Å². The highest BCUT2D eigenvalue weighted by Gasteiger charge is 2.26. The predicted molar refractivity (Wildman–Crippen MR) is 60.4 cm³/mol. The molecule has 1 heterocycles. The summed E-state index contributed by atoms with van der Waals surface area (Å²) < 4.78 is 5.15. The van der Waals surface area contributed by atoms with E-state index in [1.807, 2.05) is 25.1 Å². The number of ether oxygens (including phenoxy) is 1. The van der Waals surface area contributed by atoms with Crippen molar-refractivity contribution in [2.24, 2.45) is 0 Å². The number of hydrogen-bond acceptors (Lipinski definition) is 3. The first kappa shape index (κ1) is 10.7. The molecule has 3 nitrogen and oxygen atoms in total. The summed E-state index contributed by atoms with van der Waals surface area (Å²) in [6.45, 7) is 2.90. The van der Waals surface area contributed by atoms with Crippen molar-refractivity contribution in [1.29, 1.82) is 0 Å². The van der Waals surface area contributed by atoms with E-state index < -0.39 is 6.10 Å². The van der Waals surface area contributed by atoms with Crippen LogP contribution in [0.3, 0.4) is 0 Å². The smallest absolute Gasteiger partial charge is 0.0996 e. The van der Waals surface area contributed by atoms with Crippen LogP contribution in [0.1, 0.15) is 5.56 Å². The van der Waals surface area contributed by atoms with E-state index in [9.17, 15) is 5.11 Å². The van der Waals surface area contributed by atoms with Gasteiger partial charge in [-0.15, -0.1) is 0 Å². The third-order valence-electron chi connectivity index (χ3n) is 2.52. The van der Waals surface area contributed by atoms with Crippen LogP contribution >= 0.6 is 11.6 Å². The first-order valence-corrected chi connectivity index (χ1v) is 5.33. The Morgan fingerprint density at radius 2 is 2.27 bits per heavy atom. The molecule has 0 saturated carbocycles. The van der Waals surface area contributed by atoms with Crippen LogP contribution in [0.2, 0.25) is 5.02 Å². The summed E-state index contributed by atoms with van der Waals surface area (Å²) in [4.78, 5) is 0. The zero-order valence-corrected chi connectivity index (χ0v) is 9.29. The number of benzene rings is 1. The Hall–Kier alpha value is -0.770. The van der Waals surface area contributed by atoms with Gasteiger partial charge in [0, 0.05) is 0 Å². The fraction of sp³-hybridized carbons (Fsp3) is 0.455. The minimum absolute atomic E-state index is 0.0646. The van der Waals surface area contributed by atoms with Gasteiger partial charge in [-0.2, -0.15) is 0 Å². The van der Waals surface area contributed by atoms with Gasteiger partial charge in [0.1, 0.15) is 0 Å². The molecule has 1 saturated heterocycles. The standard InChI is InChI=1S/C11H14ClNO2/c1-7-2-3-9(8(12)4-7)13-10-5-15-6-11(10)14/h2-4,10-11,13-14H,5-6H2,1H3/t10-,11-/m1/s1. The lowest BCUT2D eigenvalue weighted by molar-refractivity contribution is 0.125. The molecule has 1 aliphatic heterocycles. The highest BCUT2D eigenvalue weighted by atomic mass is 35.5. The van der Waals surface area contributed by atoms with Crippen LogP contribution in [0.15, 0.2) is 18.2 Å². The van der Waals surface area contributed by atoms with Gasteiger partial charge in [-0.3, -0.25) is 0 Å². The quantitative estimate of drug-likeness (QED) is 0.810. The number of aliphatic hydroxyl groups is 1. The van der Waals surface area contributed by atoms with Crippen LogP contribution in [0.4, 0.5) is 5.69 Å². The molecule has 0 radical (unpaired) electrons. The second-order valence-electron chi connectivity index (χ2n) is 3.84. The number of rotatable bonds is 2. The average Bonchev–Trinajstić information content (AvgIpc) is 2.57. The molecule has 1 aliphatic rings. The van der Waals surface area contributed by atoms with Gasteiger partial charge in [0.15, 0.2) is 0 Å². The Bertz CT molecular complexity index is 356. The maximum absolute atomic E-state index is 9.57. The summed E-state index contributed by atoms with van der Waals surface area (Å²) in [5, 5.41) is 13.4. The number of halogens is 1. The Balaban J connectivity index is 2.10. The van der Waals surface area contributed by atoms with E-state index in [1.165, 1.54) is 0 Å². The van der Waals surface area contributed by atoms with E-state index in [0.29, 0.717) is 18.2 Å². The highest BCUT2D eigenvalue weighted by Crippen LogP contribution is 2.24. The van der Waals surface area contributed by atoms with Crippen LogP contribution in [0.5, 0.6) is 0 Å². The Morgan fingerprint density at radius 1 is 1.47 bits per heavy atom. The van der Waals surface area contributed by atoms with Gasteiger partial charge < -0.3 is 15.2 Å². The SMILES string of the molecule is Cc1ccc(N[C@@H]2COC[C@H]2O)c(Cl)c1. The lowest BCUT2D eigenvalue weighted by Gasteiger charge is -2.17.